The van der Waals surface area contributed by atoms with E-state index in [1.807, 2.05) is 83.1 Å². The van der Waals surface area contributed by atoms with Crippen LogP contribution in [0, 0.1) is 5.92 Å². The Balaban J connectivity index is 2.10. The Hall–Kier alpha value is -3.65. The molecule has 0 aliphatic heterocycles. The molecule has 2 aromatic heterocycles. The highest BCUT2D eigenvalue weighted by Gasteiger charge is 2.28. The van der Waals surface area contributed by atoms with Crippen molar-refractivity contribution in [3.63, 3.8) is 0 Å². The molecule has 2 aromatic carbocycles. The van der Waals surface area contributed by atoms with Gasteiger partial charge >= 0.3 is 6.09 Å². The number of fused-ring (bicyclic) bond motifs is 1. The maximum absolute atomic E-state index is 13.9. The van der Waals surface area contributed by atoms with E-state index in [0.717, 1.165) is 27.1 Å². The van der Waals surface area contributed by atoms with E-state index < -0.39 is 11.7 Å². The second-order valence-electron chi connectivity index (χ2n) is 10.3. The van der Waals surface area contributed by atoms with Crippen LogP contribution in [0.25, 0.3) is 32.5 Å². The van der Waals surface area contributed by atoms with Crippen molar-refractivity contribution in [1.82, 2.24) is 9.55 Å². The van der Waals surface area contributed by atoms with Crippen LogP contribution in [0.2, 0.25) is 0 Å². The standard InChI is InChI=1S/C28H32N4O3S/c1-17(2)15-32-25(31(6)27(34)35-28(3,4)5)23(18-10-8-7-9-11-18)21-14-19(12-13-20(21)26(32)33)24-30-22(29)16-36-24/h7-14,16-17H,15,29H2,1-6H3. The number of hydrogen-bond acceptors (Lipinski definition) is 6. The molecule has 7 nitrogen and oxygen atoms in total. The van der Waals surface area contributed by atoms with Crippen molar-refractivity contribution in [1.29, 1.82) is 0 Å². The number of aromatic nitrogens is 2. The van der Waals surface area contributed by atoms with Gasteiger partial charge in [-0.3, -0.25) is 14.3 Å². The zero-order valence-electron chi connectivity index (χ0n) is 21.5. The fourth-order valence-corrected chi connectivity index (χ4v) is 4.88. The lowest BCUT2D eigenvalue weighted by molar-refractivity contribution is 0.0587. The summed E-state index contributed by atoms with van der Waals surface area (Å²) in [6, 6.07) is 15.5. The molecule has 1 amide bonds. The van der Waals surface area contributed by atoms with Gasteiger partial charge in [0.05, 0.1) is 0 Å². The zero-order valence-corrected chi connectivity index (χ0v) is 22.3. The quantitative estimate of drug-likeness (QED) is 0.339. The van der Waals surface area contributed by atoms with Gasteiger partial charge in [-0.25, -0.2) is 9.78 Å². The van der Waals surface area contributed by atoms with Gasteiger partial charge in [-0.2, -0.15) is 0 Å². The maximum Gasteiger partial charge on any atom is 0.415 e. The molecule has 4 aromatic rings. The van der Waals surface area contributed by atoms with Crippen molar-refractivity contribution in [2.45, 2.75) is 46.8 Å². The SMILES string of the molecule is CC(C)Cn1c(N(C)C(=O)OC(C)(C)C)c(-c2ccccc2)c2cc(-c3nc(N)cs3)ccc2c1=O. The van der Waals surface area contributed by atoms with E-state index in [0.29, 0.717) is 23.6 Å². The van der Waals surface area contributed by atoms with Crippen molar-refractivity contribution >= 4 is 39.8 Å². The number of nitrogens with zero attached hydrogens (tertiary/aromatic N) is 3. The van der Waals surface area contributed by atoms with Crippen LogP contribution in [0.5, 0.6) is 0 Å². The van der Waals surface area contributed by atoms with Crippen LogP contribution in [-0.2, 0) is 11.3 Å². The average molecular weight is 505 g/mol. The number of nitrogen functional groups attached to an aromatic ring is 1. The smallest absolute Gasteiger partial charge is 0.415 e. The monoisotopic (exact) mass is 504 g/mol. The molecule has 2 N–H and O–H groups in total. The lowest BCUT2D eigenvalue weighted by Gasteiger charge is -2.29. The normalized spacial score (nSPS) is 11.8. The first-order valence-corrected chi connectivity index (χ1v) is 12.8. The number of ether oxygens (including phenoxy) is 1. The van der Waals surface area contributed by atoms with Crippen LogP contribution in [-0.4, -0.2) is 28.3 Å². The third kappa shape index (κ3) is 5.14. The number of thiazole rings is 1. The lowest BCUT2D eigenvalue weighted by atomic mass is 9.96. The lowest BCUT2D eigenvalue weighted by Crippen LogP contribution is -2.38. The molecule has 0 saturated carbocycles. The number of hydrogen-bond donors (Lipinski definition) is 1. The van der Waals surface area contributed by atoms with E-state index in [1.54, 1.807) is 17.0 Å². The second-order valence-corrected chi connectivity index (χ2v) is 11.1. The van der Waals surface area contributed by atoms with Gasteiger partial charge in [0.25, 0.3) is 5.56 Å². The van der Waals surface area contributed by atoms with Gasteiger partial charge in [0.2, 0.25) is 0 Å². The van der Waals surface area contributed by atoms with Gasteiger partial charge < -0.3 is 10.5 Å². The van der Waals surface area contributed by atoms with Crippen LogP contribution < -0.4 is 16.2 Å². The second kappa shape index (κ2) is 9.78. The van der Waals surface area contributed by atoms with Gasteiger partial charge in [0, 0.05) is 35.5 Å². The van der Waals surface area contributed by atoms with Gasteiger partial charge in [-0.1, -0.05) is 50.2 Å². The number of nitrogens with two attached hydrogens (primary N) is 1. The zero-order chi connectivity index (χ0) is 26.2. The molecular weight excluding hydrogens is 472 g/mol. The minimum Gasteiger partial charge on any atom is -0.443 e. The van der Waals surface area contributed by atoms with Crippen LogP contribution >= 0.6 is 11.3 Å². The minimum atomic E-state index is -0.684. The third-order valence-electron chi connectivity index (χ3n) is 5.61. The van der Waals surface area contributed by atoms with E-state index in [9.17, 15) is 9.59 Å². The van der Waals surface area contributed by atoms with Crippen molar-refractivity contribution in [2.24, 2.45) is 5.92 Å². The van der Waals surface area contributed by atoms with E-state index in [1.165, 1.54) is 16.2 Å². The number of anilines is 2. The van der Waals surface area contributed by atoms with Crippen molar-refractivity contribution in [3.8, 4) is 21.7 Å². The Bertz CT molecular complexity index is 1470. The molecule has 0 aliphatic rings. The summed E-state index contributed by atoms with van der Waals surface area (Å²) < 4.78 is 7.40. The van der Waals surface area contributed by atoms with Crippen LogP contribution in [0.1, 0.15) is 34.6 Å². The molecule has 0 bridgehead atoms. The van der Waals surface area contributed by atoms with Crippen molar-refractivity contribution < 1.29 is 9.53 Å². The van der Waals surface area contributed by atoms with E-state index in [4.69, 9.17) is 10.5 Å². The molecule has 0 atom stereocenters. The average Bonchev–Trinajstić information content (AvgIpc) is 3.25. The molecule has 188 valence electrons. The van der Waals surface area contributed by atoms with Gasteiger partial charge in [-0.05, 0) is 49.8 Å². The molecule has 0 unspecified atom stereocenters. The molecule has 4 rings (SSSR count). The number of rotatable bonds is 5. The van der Waals surface area contributed by atoms with Crippen molar-refractivity contribution in [2.75, 3.05) is 17.7 Å². The van der Waals surface area contributed by atoms with Crippen LogP contribution in [0.3, 0.4) is 0 Å². The first kappa shape index (κ1) is 25.4. The molecule has 36 heavy (non-hydrogen) atoms. The summed E-state index contributed by atoms with van der Waals surface area (Å²) in [7, 11) is 1.66. The molecule has 0 fully saturated rings. The summed E-state index contributed by atoms with van der Waals surface area (Å²) in [5, 5.41) is 3.87. The maximum atomic E-state index is 13.9. The Kier molecular flexibility index (Phi) is 6.91. The summed E-state index contributed by atoms with van der Waals surface area (Å²) in [5.41, 5.74) is 7.56. The summed E-state index contributed by atoms with van der Waals surface area (Å²) in [4.78, 5) is 33.0. The first-order valence-electron chi connectivity index (χ1n) is 11.9. The largest absolute Gasteiger partial charge is 0.443 e. The van der Waals surface area contributed by atoms with E-state index >= 15 is 0 Å². The molecule has 2 heterocycles. The van der Waals surface area contributed by atoms with Gasteiger partial charge in [-0.15, -0.1) is 11.3 Å². The number of carbonyl (C=O) groups excluding carboxylic acids is 1. The third-order valence-corrected chi connectivity index (χ3v) is 6.52. The predicted octanol–water partition coefficient (Wildman–Crippen LogP) is 6.40. The minimum absolute atomic E-state index is 0.158. The Labute approximate surface area is 215 Å². The summed E-state index contributed by atoms with van der Waals surface area (Å²) >= 11 is 1.45. The number of benzene rings is 2. The summed E-state index contributed by atoms with van der Waals surface area (Å²) in [6.07, 6.45) is -0.528. The Morgan fingerprint density at radius 3 is 2.39 bits per heavy atom. The number of carbonyl (C=O) groups is 1. The fourth-order valence-electron chi connectivity index (χ4n) is 4.18. The predicted molar refractivity (Wildman–Crippen MR) is 149 cm³/mol. The topological polar surface area (TPSA) is 90.4 Å². The molecule has 0 aliphatic carbocycles. The number of amides is 1. The highest BCUT2D eigenvalue weighted by molar-refractivity contribution is 7.13. The highest BCUT2D eigenvalue weighted by atomic mass is 32.1. The van der Waals surface area contributed by atoms with E-state index in [2.05, 4.69) is 4.98 Å². The van der Waals surface area contributed by atoms with Crippen LogP contribution in [0.4, 0.5) is 16.4 Å². The highest BCUT2D eigenvalue weighted by Crippen LogP contribution is 2.39. The molecular formula is C28H32N4O3S. The van der Waals surface area contributed by atoms with E-state index in [-0.39, 0.29) is 11.5 Å². The van der Waals surface area contributed by atoms with Crippen LogP contribution in [0.15, 0.2) is 58.7 Å². The Morgan fingerprint density at radius 1 is 1.11 bits per heavy atom. The fraction of sp³-hybridized carbons (Fsp3) is 0.321. The molecule has 0 saturated heterocycles. The van der Waals surface area contributed by atoms with Gasteiger partial charge in [0.15, 0.2) is 0 Å². The number of pyridine rings is 1. The molecule has 8 heteroatoms. The molecule has 0 spiro atoms. The van der Waals surface area contributed by atoms with Crippen molar-refractivity contribution in [3.05, 3.63) is 64.3 Å². The summed E-state index contributed by atoms with van der Waals surface area (Å²) in [6.45, 7) is 10.0. The summed E-state index contributed by atoms with van der Waals surface area (Å²) in [5.74, 6) is 1.13. The first-order chi connectivity index (χ1) is 17.0. The molecule has 0 radical (unpaired) electrons. The Morgan fingerprint density at radius 2 is 1.81 bits per heavy atom. The van der Waals surface area contributed by atoms with Gasteiger partial charge in [0.1, 0.15) is 22.2 Å².